The summed E-state index contributed by atoms with van der Waals surface area (Å²) in [4.78, 5) is 0.212. The number of hydrogen-bond acceptors (Lipinski definition) is 2. The summed E-state index contributed by atoms with van der Waals surface area (Å²) in [6.45, 7) is 1.05. The minimum absolute atomic E-state index is 0.212. The van der Waals surface area contributed by atoms with Crippen molar-refractivity contribution in [3.05, 3.63) is 35.1 Å². The van der Waals surface area contributed by atoms with Gasteiger partial charge in [0.25, 0.3) is 0 Å². The highest BCUT2D eigenvalue weighted by Gasteiger charge is 2.21. The largest absolute Gasteiger partial charge is 0.389 e. The first kappa shape index (κ1) is 11.5. The van der Waals surface area contributed by atoms with Crippen LogP contribution < -0.4 is 5.73 Å². The summed E-state index contributed by atoms with van der Waals surface area (Å²) in [6, 6.07) is 4.76. The molecule has 2 rings (SSSR count). The fourth-order valence-corrected chi connectivity index (χ4v) is 1.56. The van der Waals surface area contributed by atoms with Crippen LogP contribution in [0.3, 0.4) is 0 Å². The Labute approximate surface area is 99.6 Å². The van der Waals surface area contributed by atoms with Gasteiger partial charge in [0.05, 0.1) is 6.61 Å². The number of hydrogen-bond donors (Lipinski definition) is 1. The maximum atomic E-state index is 13.6. The Kier molecular flexibility index (Phi) is 3.51. The Morgan fingerprint density at radius 2 is 2.25 bits per heavy atom. The van der Waals surface area contributed by atoms with Crippen LogP contribution in [0.4, 0.5) is 4.39 Å². The molecular weight excluding hydrogens is 225 g/mol. The molecule has 1 saturated carbocycles. The molecule has 0 bridgehead atoms. The Morgan fingerprint density at radius 1 is 1.50 bits per heavy atom. The smallest absolute Gasteiger partial charge is 0.129 e. The van der Waals surface area contributed by atoms with E-state index in [-0.39, 0.29) is 10.8 Å². The monoisotopic (exact) mass is 239 g/mol. The summed E-state index contributed by atoms with van der Waals surface area (Å²) >= 11 is 4.77. The minimum atomic E-state index is -0.305. The van der Waals surface area contributed by atoms with E-state index >= 15 is 0 Å². The van der Waals surface area contributed by atoms with Crippen molar-refractivity contribution in [3.8, 4) is 0 Å². The van der Waals surface area contributed by atoms with Gasteiger partial charge in [-0.05, 0) is 24.8 Å². The molecule has 1 aliphatic carbocycles. The lowest BCUT2D eigenvalue weighted by Gasteiger charge is -2.06. The maximum absolute atomic E-state index is 13.6. The van der Waals surface area contributed by atoms with Gasteiger partial charge in [-0.1, -0.05) is 24.4 Å². The summed E-state index contributed by atoms with van der Waals surface area (Å²) in [7, 11) is 0. The van der Waals surface area contributed by atoms with Crippen LogP contribution in [0, 0.1) is 11.7 Å². The fourth-order valence-electron chi connectivity index (χ4n) is 1.44. The van der Waals surface area contributed by atoms with Crippen molar-refractivity contribution in [2.75, 3.05) is 6.61 Å². The van der Waals surface area contributed by atoms with Gasteiger partial charge in [-0.2, -0.15) is 0 Å². The summed E-state index contributed by atoms with van der Waals surface area (Å²) in [5.41, 5.74) is 6.52. The van der Waals surface area contributed by atoms with Crippen LogP contribution in [-0.2, 0) is 11.3 Å². The Bertz CT molecular complexity index is 404. The number of thiocarbonyl (C=S) groups is 1. The minimum Gasteiger partial charge on any atom is -0.389 e. The molecule has 86 valence electrons. The lowest BCUT2D eigenvalue weighted by atomic mass is 10.1. The topological polar surface area (TPSA) is 35.2 Å². The van der Waals surface area contributed by atoms with Crippen LogP contribution in [0.1, 0.15) is 24.0 Å². The van der Waals surface area contributed by atoms with Crippen LogP contribution in [0.25, 0.3) is 0 Å². The van der Waals surface area contributed by atoms with E-state index in [4.69, 9.17) is 22.7 Å². The van der Waals surface area contributed by atoms with Gasteiger partial charge in [0.1, 0.15) is 10.8 Å². The van der Waals surface area contributed by atoms with E-state index in [0.29, 0.717) is 23.7 Å². The molecular formula is C12H14FNOS. The predicted molar refractivity (Wildman–Crippen MR) is 64.7 cm³/mol. The molecule has 0 atom stereocenters. The Balaban J connectivity index is 1.95. The SMILES string of the molecule is NC(=S)c1ccc(COCC2CC2)c(F)c1. The van der Waals surface area contributed by atoms with Gasteiger partial charge in [-0.3, -0.25) is 0 Å². The van der Waals surface area contributed by atoms with Crippen molar-refractivity contribution in [2.24, 2.45) is 11.7 Å². The van der Waals surface area contributed by atoms with Crippen molar-refractivity contribution < 1.29 is 9.13 Å². The van der Waals surface area contributed by atoms with E-state index < -0.39 is 0 Å². The normalized spacial score (nSPS) is 15.1. The lowest BCUT2D eigenvalue weighted by molar-refractivity contribution is 0.109. The van der Waals surface area contributed by atoms with Gasteiger partial charge in [-0.15, -0.1) is 0 Å². The standard InChI is InChI=1S/C12H14FNOS/c13-11-5-9(12(14)16)3-4-10(11)7-15-6-8-1-2-8/h3-5,8H,1-2,6-7H2,(H2,14,16). The third kappa shape index (κ3) is 3.00. The summed E-state index contributed by atoms with van der Waals surface area (Å²) in [5.74, 6) is 0.389. The van der Waals surface area contributed by atoms with Gasteiger partial charge in [0.15, 0.2) is 0 Å². The second kappa shape index (κ2) is 4.89. The highest BCUT2D eigenvalue weighted by molar-refractivity contribution is 7.80. The molecule has 1 aromatic carbocycles. The first-order valence-corrected chi connectivity index (χ1v) is 5.73. The lowest BCUT2D eigenvalue weighted by Crippen LogP contribution is -2.10. The molecule has 1 aromatic rings. The number of nitrogens with two attached hydrogens (primary N) is 1. The molecule has 0 unspecified atom stereocenters. The molecule has 2 N–H and O–H groups in total. The molecule has 0 spiro atoms. The highest BCUT2D eigenvalue weighted by Crippen LogP contribution is 2.29. The molecule has 4 heteroatoms. The third-order valence-electron chi connectivity index (χ3n) is 2.65. The average Bonchev–Trinajstić information content (AvgIpc) is 3.04. The maximum Gasteiger partial charge on any atom is 0.129 e. The van der Waals surface area contributed by atoms with Crippen LogP contribution in [0.2, 0.25) is 0 Å². The molecule has 1 aliphatic rings. The van der Waals surface area contributed by atoms with Gasteiger partial charge in [0, 0.05) is 17.7 Å². The molecule has 0 saturated heterocycles. The Hall–Kier alpha value is -1.00. The molecule has 0 radical (unpaired) electrons. The van der Waals surface area contributed by atoms with Crippen LogP contribution in [0.5, 0.6) is 0 Å². The molecule has 0 aromatic heterocycles. The first-order chi connectivity index (χ1) is 7.66. The van der Waals surface area contributed by atoms with Gasteiger partial charge in [-0.25, -0.2) is 4.39 Å². The van der Waals surface area contributed by atoms with Crippen molar-refractivity contribution in [3.63, 3.8) is 0 Å². The second-order valence-corrected chi connectivity index (χ2v) is 4.57. The third-order valence-corrected chi connectivity index (χ3v) is 2.88. The Morgan fingerprint density at radius 3 is 2.81 bits per heavy atom. The van der Waals surface area contributed by atoms with Gasteiger partial charge < -0.3 is 10.5 Å². The summed E-state index contributed by atoms with van der Waals surface area (Å²) < 4.78 is 19.0. The van der Waals surface area contributed by atoms with E-state index in [2.05, 4.69) is 0 Å². The van der Waals surface area contributed by atoms with E-state index in [1.807, 2.05) is 0 Å². The fraction of sp³-hybridized carbons (Fsp3) is 0.417. The molecule has 2 nitrogen and oxygen atoms in total. The van der Waals surface area contributed by atoms with E-state index in [1.54, 1.807) is 12.1 Å². The van der Waals surface area contributed by atoms with Gasteiger partial charge >= 0.3 is 0 Å². The van der Waals surface area contributed by atoms with Crippen molar-refractivity contribution in [2.45, 2.75) is 19.4 Å². The van der Waals surface area contributed by atoms with E-state index in [0.717, 1.165) is 6.61 Å². The van der Waals surface area contributed by atoms with Crippen LogP contribution >= 0.6 is 12.2 Å². The number of rotatable bonds is 5. The summed E-state index contributed by atoms with van der Waals surface area (Å²) in [5, 5.41) is 0. The second-order valence-electron chi connectivity index (χ2n) is 4.13. The van der Waals surface area contributed by atoms with Crippen LogP contribution in [0.15, 0.2) is 18.2 Å². The van der Waals surface area contributed by atoms with Crippen molar-refractivity contribution in [1.82, 2.24) is 0 Å². The zero-order chi connectivity index (χ0) is 11.5. The summed E-state index contributed by atoms with van der Waals surface area (Å²) in [6.07, 6.45) is 2.48. The van der Waals surface area contributed by atoms with Crippen LogP contribution in [-0.4, -0.2) is 11.6 Å². The van der Waals surface area contributed by atoms with Crippen molar-refractivity contribution >= 4 is 17.2 Å². The average molecular weight is 239 g/mol. The van der Waals surface area contributed by atoms with E-state index in [1.165, 1.54) is 18.9 Å². The zero-order valence-electron chi connectivity index (χ0n) is 8.91. The number of ether oxygens (including phenoxy) is 1. The first-order valence-electron chi connectivity index (χ1n) is 5.33. The molecule has 0 amide bonds. The number of halogens is 1. The van der Waals surface area contributed by atoms with Crippen molar-refractivity contribution in [1.29, 1.82) is 0 Å². The highest BCUT2D eigenvalue weighted by atomic mass is 32.1. The zero-order valence-corrected chi connectivity index (χ0v) is 9.73. The van der Waals surface area contributed by atoms with E-state index in [9.17, 15) is 4.39 Å². The number of benzene rings is 1. The predicted octanol–water partition coefficient (Wildman–Crippen LogP) is 2.39. The molecule has 1 fully saturated rings. The van der Waals surface area contributed by atoms with Gasteiger partial charge in [0.2, 0.25) is 0 Å². The molecule has 0 heterocycles. The molecule has 0 aliphatic heterocycles. The quantitative estimate of drug-likeness (QED) is 0.801. The molecule has 16 heavy (non-hydrogen) atoms.